The number of hydrogen-bond acceptors (Lipinski definition) is 5. The zero-order valence-electron chi connectivity index (χ0n) is 16.0. The lowest BCUT2D eigenvalue weighted by Crippen LogP contribution is -2.38. The summed E-state index contributed by atoms with van der Waals surface area (Å²) in [5.41, 5.74) is 12.5. The molecule has 0 radical (unpaired) electrons. The van der Waals surface area contributed by atoms with Gasteiger partial charge < -0.3 is 16.6 Å². The van der Waals surface area contributed by atoms with E-state index in [1.54, 1.807) is 10.0 Å². The van der Waals surface area contributed by atoms with E-state index in [9.17, 15) is 22.8 Å². The first-order valence-electron chi connectivity index (χ1n) is 8.31. The molecule has 2 aromatic rings. The van der Waals surface area contributed by atoms with Gasteiger partial charge in [-0.25, -0.2) is 4.79 Å². The molecule has 0 saturated heterocycles. The van der Waals surface area contributed by atoms with Crippen molar-refractivity contribution in [2.45, 2.75) is 44.9 Å². The van der Waals surface area contributed by atoms with E-state index in [0.29, 0.717) is 6.42 Å². The topological polar surface area (TPSA) is 128 Å². The van der Waals surface area contributed by atoms with Crippen molar-refractivity contribution in [2.24, 2.45) is 11.5 Å². The molecule has 0 unspecified atom stereocenters. The van der Waals surface area contributed by atoms with Gasteiger partial charge in [-0.15, -0.1) is 0 Å². The first kappa shape index (κ1) is 24.4. The number of aromatic nitrogens is 1. The highest BCUT2D eigenvalue weighted by Gasteiger charge is 2.38. The van der Waals surface area contributed by atoms with Gasteiger partial charge in [0.25, 0.3) is 5.56 Å². The Kier molecular flexibility index (Phi) is 7.75. The van der Waals surface area contributed by atoms with Crippen molar-refractivity contribution in [1.29, 1.82) is 0 Å². The lowest BCUT2D eigenvalue weighted by molar-refractivity contribution is -0.192. The van der Waals surface area contributed by atoms with E-state index in [0.717, 1.165) is 16.0 Å². The number of carbonyl (C=O) groups excluding carboxylic acids is 1. The van der Waals surface area contributed by atoms with E-state index >= 15 is 0 Å². The molecular formula is C18H22F3N3O4S. The van der Waals surface area contributed by atoms with Crippen molar-refractivity contribution in [1.82, 2.24) is 3.96 Å². The third-order valence-electron chi connectivity index (χ3n) is 3.56. The van der Waals surface area contributed by atoms with Gasteiger partial charge in [-0.2, -0.15) is 13.2 Å². The van der Waals surface area contributed by atoms with Crippen LogP contribution in [0.4, 0.5) is 13.2 Å². The molecule has 1 amide bonds. The maximum atomic E-state index is 12.1. The SMILES string of the molecule is CC(C)(C)n1sc(-c2ccc(C[C@H](N)C(N)=O)cc2)cc1=O.O=C(O)C(F)(F)F. The molecule has 0 aliphatic heterocycles. The minimum absolute atomic E-state index is 0.00678. The third-order valence-corrected chi connectivity index (χ3v) is 5.02. The molecule has 29 heavy (non-hydrogen) atoms. The van der Waals surface area contributed by atoms with Gasteiger partial charge in [-0.3, -0.25) is 13.5 Å². The molecule has 11 heteroatoms. The van der Waals surface area contributed by atoms with Crippen LogP contribution < -0.4 is 17.0 Å². The Morgan fingerprint density at radius 1 is 1.17 bits per heavy atom. The highest BCUT2D eigenvalue weighted by Crippen LogP contribution is 2.26. The molecule has 1 aromatic heterocycles. The summed E-state index contributed by atoms with van der Waals surface area (Å²) < 4.78 is 33.5. The first-order valence-corrected chi connectivity index (χ1v) is 9.08. The molecule has 0 bridgehead atoms. The predicted molar refractivity (Wildman–Crippen MR) is 104 cm³/mol. The number of nitrogens with zero attached hydrogens (tertiary/aromatic N) is 1. The Labute approximate surface area is 168 Å². The van der Waals surface area contributed by atoms with Crippen molar-refractivity contribution in [3.8, 4) is 10.4 Å². The van der Waals surface area contributed by atoms with Crippen molar-refractivity contribution in [2.75, 3.05) is 0 Å². The van der Waals surface area contributed by atoms with E-state index in [4.69, 9.17) is 21.4 Å². The number of benzene rings is 1. The molecule has 1 aromatic carbocycles. The summed E-state index contributed by atoms with van der Waals surface area (Å²) in [5, 5.41) is 7.12. The van der Waals surface area contributed by atoms with Gasteiger partial charge in [0.05, 0.1) is 16.5 Å². The largest absolute Gasteiger partial charge is 0.490 e. The van der Waals surface area contributed by atoms with Crippen LogP contribution in [0.15, 0.2) is 35.1 Å². The molecule has 7 nitrogen and oxygen atoms in total. The molecule has 0 aliphatic carbocycles. The Morgan fingerprint density at radius 3 is 2.00 bits per heavy atom. The molecular weight excluding hydrogens is 411 g/mol. The number of amides is 1. The first-order chi connectivity index (χ1) is 13.1. The maximum absolute atomic E-state index is 12.1. The number of rotatable bonds is 4. The Balaban J connectivity index is 0.000000516. The van der Waals surface area contributed by atoms with Crippen molar-refractivity contribution >= 4 is 23.4 Å². The van der Waals surface area contributed by atoms with Crippen LogP contribution >= 0.6 is 11.5 Å². The number of carboxylic acid groups (broad SMARTS) is 1. The number of alkyl halides is 3. The van der Waals surface area contributed by atoms with E-state index in [1.165, 1.54) is 11.5 Å². The van der Waals surface area contributed by atoms with Gasteiger partial charge in [0.2, 0.25) is 5.91 Å². The summed E-state index contributed by atoms with van der Waals surface area (Å²) in [5.74, 6) is -3.27. The van der Waals surface area contributed by atoms with Gasteiger partial charge in [0.15, 0.2) is 0 Å². The van der Waals surface area contributed by atoms with Crippen LogP contribution in [0.3, 0.4) is 0 Å². The summed E-state index contributed by atoms with van der Waals surface area (Å²) in [4.78, 5) is 32.9. The summed E-state index contributed by atoms with van der Waals surface area (Å²) in [6.45, 7) is 6.01. The minimum Gasteiger partial charge on any atom is -0.475 e. The normalized spacial score (nSPS) is 12.7. The highest BCUT2D eigenvalue weighted by atomic mass is 32.1. The van der Waals surface area contributed by atoms with Gasteiger partial charge in [0, 0.05) is 6.07 Å². The van der Waals surface area contributed by atoms with Crippen molar-refractivity contribution in [3.05, 3.63) is 46.2 Å². The number of primary amides is 1. The quantitative estimate of drug-likeness (QED) is 0.682. The zero-order valence-corrected chi connectivity index (χ0v) is 16.8. The molecule has 1 heterocycles. The Hall–Kier alpha value is -2.66. The average molecular weight is 433 g/mol. The molecule has 0 spiro atoms. The Bertz CT molecular complexity index is 912. The number of carbonyl (C=O) groups is 2. The summed E-state index contributed by atoms with van der Waals surface area (Å²) >= 11 is 1.45. The second-order valence-electron chi connectivity index (χ2n) is 7.12. The van der Waals surface area contributed by atoms with Crippen LogP contribution in [0.2, 0.25) is 0 Å². The summed E-state index contributed by atoms with van der Waals surface area (Å²) in [7, 11) is 0. The maximum Gasteiger partial charge on any atom is 0.490 e. The second kappa shape index (κ2) is 9.23. The van der Waals surface area contributed by atoms with Crippen LogP contribution in [0.25, 0.3) is 10.4 Å². The van der Waals surface area contributed by atoms with Gasteiger partial charge in [-0.05, 0) is 38.3 Å². The fourth-order valence-corrected chi connectivity index (χ4v) is 3.11. The lowest BCUT2D eigenvalue weighted by atomic mass is 10.0. The average Bonchev–Trinajstić information content (AvgIpc) is 2.97. The van der Waals surface area contributed by atoms with E-state index in [2.05, 4.69) is 0 Å². The number of aliphatic carboxylic acids is 1. The molecule has 2 rings (SSSR count). The molecule has 160 valence electrons. The van der Waals surface area contributed by atoms with Crippen molar-refractivity contribution < 1.29 is 27.9 Å². The number of carboxylic acids is 1. The van der Waals surface area contributed by atoms with Crippen molar-refractivity contribution in [3.63, 3.8) is 0 Å². The molecule has 1 atom stereocenters. The number of halogens is 3. The standard InChI is InChI=1S/C16H21N3O2S.C2HF3O2/c1-16(2,3)19-14(20)9-13(22-19)11-6-4-10(5-7-11)8-12(17)15(18)21;3-2(4,5)1(6)7/h4-7,9,12H,8,17H2,1-3H3,(H2,18,21);(H,6,7)/t12-;/m0./s1. The minimum atomic E-state index is -5.08. The fraction of sp³-hybridized carbons (Fsp3) is 0.389. The smallest absolute Gasteiger partial charge is 0.475 e. The molecule has 0 aliphatic rings. The van der Waals surface area contributed by atoms with Crippen LogP contribution in [0.5, 0.6) is 0 Å². The molecule has 0 saturated carbocycles. The number of nitrogens with two attached hydrogens (primary N) is 2. The van der Waals surface area contributed by atoms with Gasteiger partial charge in [-0.1, -0.05) is 35.8 Å². The number of hydrogen-bond donors (Lipinski definition) is 3. The predicted octanol–water partition coefficient (Wildman–Crippen LogP) is 2.32. The van der Waals surface area contributed by atoms with Crippen LogP contribution in [0, 0.1) is 0 Å². The second-order valence-corrected chi connectivity index (χ2v) is 8.10. The fourth-order valence-electron chi connectivity index (χ4n) is 2.10. The third kappa shape index (κ3) is 7.35. The highest BCUT2D eigenvalue weighted by molar-refractivity contribution is 7.10. The summed E-state index contributed by atoms with van der Waals surface area (Å²) in [6.07, 6.45) is -4.67. The van der Waals surface area contributed by atoms with E-state index in [-0.39, 0.29) is 11.1 Å². The van der Waals surface area contributed by atoms with Crippen LogP contribution in [-0.2, 0) is 21.5 Å². The Morgan fingerprint density at radius 2 is 1.66 bits per heavy atom. The van der Waals surface area contributed by atoms with Crippen LogP contribution in [-0.4, -0.2) is 33.2 Å². The van der Waals surface area contributed by atoms with Gasteiger partial charge >= 0.3 is 12.1 Å². The van der Waals surface area contributed by atoms with E-state index < -0.39 is 24.1 Å². The lowest BCUT2D eigenvalue weighted by Gasteiger charge is -2.18. The molecule has 5 N–H and O–H groups in total. The van der Waals surface area contributed by atoms with Crippen LogP contribution in [0.1, 0.15) is 26.3 Å². The summed E-state index contributed by atoms with van der Waals surface area (Å²) in [6, 6.07) is 8.65. The zero-order chi connectivity index (χ0) is 22.6. The van der Waals surface area contributed by atoms with E-state index in [1.807, 2.05) is 45.0 Å². The van der Waals surface area contributed by atoms with Gasteiger partial charge in [0.1, 0.15) is 0 Å². The monoisotopic (exact) mass is 433 g/mol. The molecule has 0 fully saturated rings.